The molecule has 2 fully saturated rings. The second-order valence-electron chi connectivity index (χ2n) is 5.69. The minimum atomic E-state index is -0.960. The van der Waals surface area contributed by atoms with E-state index in [9.17, 15) is 4.79 Å². The molecule has 0 saturated carbocycles. The molecular formula is C15H21N3O2. The lowest BCUT2D eigenvalue weighted by molar-refractivity contribution is 0.0690. The van der Waals surface area contributed by atoms with E-state index in [-0.39, 0.29) is 5.69 Å². The van der Waals surface area contributed by atoms with E-state index in [0.717, 1.165) is 18.8 Å². The summed E-state index contributed by atoms with van der Waals surface area (Å²) in [6.07, 6.45) is 6.75. The first-order valence-corrected chi connectivity index (χ1v) is 7.42. The van der Waals surface area contributed by atoms with E-state index in [1.807, 2.05) is 6.07 Å². The van der Waals surface area contributed by atoms with Crippen molar-refractivity contribution < 1.29 is 9.90 Å². The maximum atomic E-state index is 11.0. The molecule has 0 amide bonds. The van der Waals surface area contributed by atoms with E-state index < -0.39 is 5.97 Å². The molecule has 0 aromatic carbocycles. The van der Waals surface area contributed by atoms with Crippen LogP contribution in [0, 0.1) is 0 Å². The van der Waals surface area contributed by atoms with Crippen molar-refractivity contribution in [3.05, 3.63) is 24.0 Å². The largest absolute Gasteiger partial charge is 0.477 e. The summed E-state index contributed by atoms with van der Waals surface area (Å²) in [6, 6.07) is 4.21. The highest BCUT2D eigenvalue weighted by Crippen LogP contribution is 2.25. The predicted molar refractivity (Wildman–Crippen MR) is 77.2 cm³/mol. The quantitative estimate of drug-likeness (QED) is 0.912. The molecule has 3 rings (SSSR count). The van der Waals surface area contributed by atoms with Crippen molar-refractivity contribution in [3.63, 3.8) is 0 Å². The number of anilines is 1. The van der Waals surface area contributed by atoms with Crippen LogP contribution in [-0.4, -0.2) is 53.2 Å². The van der Waals surface area contributed by atoms with Gasteiger partial charge in [-0.25, -0.2) is 9.78 Å². The standard InChI is InChI=1S/C15H21N3O2/c19-15(20)14-10-12(4-6-16-14)18-9-5-13(11-18)17-7-2-1-3-8-17/h4,6,10,13H,1-3,5,7-9,11H2,(H,19,20). The molecule has 20 heavy (non-hydrogen) atoms. The Morgan fingerprint density at radius 1 is 1.25 bits per heavy atom. The molecule has 0 aliphatic carbocycles. The zero-order chi connectivity index (χ0) is 13.9. The van der Waals surface area contributed by atoms with Gasteiger partial charge in [-0.15, -0.1) is 0 Å². The van der Waals surface area contributed by atoms with Gasteiger partial charge in [0.1, 0.15) is 5.69 Å². The first-order chi connectivity index (χ1) is 9.74. The Morgan fingerprint density at radius 3 is 2.80 bits per heavy atom. The summed E-state index contributed by atoms with van der Waals surface area (Å²) in [5, 5.41) is 9.02. The molecule has 1 aromatic rings. The van der Waals surface area contributed by atoms with Crippen molar-refractivity contribution in [2.24, 2.45) is 0 Å². The summed E-state index contributed by atoms with van der Waals surface area (Å²) in [4.78, 5) is 19.8. The smallest absolute Gasteiger partial charge is 0.354 e. The molecular weight excluding hydrogens is 254 g/mol. The highest BCUT2D eigenvalue weighted by Gasteiger charge is 2.28. The monoisotopic (exact) mass is 275 g/mol. The highest BCUT2D eigenvalue weighted by atomic mass is 16.4. The fourth-order valence-electron chi connectivity index (χ4n) is 3.29. The van der Waals surface area contributed by atoms with Gasteiger partial charge >= 0.3 is 5.97 Å². The van der Waals surface area contributed by atoms with Crippen LogP contribution >= 0.6 is 0 Å². The van der Waals surface area contributed by atoms with Gasteiger partial charge in [0.25, 0.3) is 0 Å². The average Bonchev–Trinajstić information content (AvgIpc) is 2.98. The summed E-state index contributed by atoms with van der Waals surface area (Å²) >= 11 is 0. The third kappa shape index (κ3) is 2.77. The lowest BCUT2D eigenvalue weighted by Gasteiger charge is -2.32. The topological polar surface area (TPSA) is 56.7 Å². The normalized spacial score (nSPS) is 24.0. The SMILES string of the molecule is O=C(O)c1cc(N2CCC(N3CCCCC3)C2)ccn1. The number of carbonyl (C=O) groups is 1. The lowest BCUT2D eigenvalue weighted by Crippen LogP contribution is -2.40. The Morgan fingerprint density at radius 2 is 2.05 bits per heavy atom. The van der Waals surface area contributed by atoms with Crippen molar-refractivity contribution in [1.82, 2.24) is 9.88 Å². The van der Waals surface area contributed by atoms with Gasteiger partial charge in [-0.3, -0.25) is 4.90 Å². The van der Waals surface area contributed by atoms with E-state index in [0.29, 0.717) is 6.04 Å². The summed E-state index contributed by atoms with van der Waals surface area (Å²) in [5.74, 6) is -0.960. The number of likely N-dealkylation sites (tertiary alicyclic amines) is 1. The van der Waals surface area contributed by atoms with Gasteiger partial charge in [0.15, 0.2) is 0 Å². The molecule has 1 atom stereocenters. The first-order valence-electron chi connectivity index (χ1n) is 7.42. The van der Waals surface area contributed by atoms with Crippen LogP contribution in [0.1, 0.15) is 36.2 Å². The maximum Gasteiger partial charge on any atom is 0.354 e. The molecule has 108 valence electrons. The minimum Gasteiger partial charge on any atom is -0.477 e. The Hall–Kier alpha value is -1.62. The number of aromatic carboxylic acids is 1. The van der Waals surface area contributed by atoms with Crippen molar-refractivity contribution in [2.45, 2.75) is 31.7 Å². The average molecular weight is 275 g/mol. The summed E-state index contributed by atoms with van der Waals surface area (Å²) < 4.78 is 0. The second-order valence-corrected chi connectivity index (χ2v) is 5.69. The molecule has 0 radical (unpaired) electrons. The molecule has 2 aliphatic rings. The predicted octanol–water partition coefficient (Wildman–Crippen LogP) is 1.84. The number of hydrogen-bond acceptors (Lipinski definition) is 4. The molecule has 2 aliphatic heterocycles. The Labute approximate surface area is 119 Å². The number of pyridine rings is 1. The molecule has 2 saturated heterocycles. The van der Waals surface area contributed by atoms with Crippen molar-refractivity contribution in [1.29, 1.82) is 0 Å². The van der Waals surface area contributed by atoms with Gasteiger partial charge in [0.05, 0.1) is 0 Å². The first kappa shape index (κ1) is 13.4. The third-order valence-electron chi connectivity index (χ3n) is 4.40. The van der Waals surface area contributed by atoms with E-state index in [4.69, 9.17) is 5.11 Å². The second kappa shape index (κ2) is 5.79. The van der Waals surface area contributed by atoms with Crippen molar-refractivity contribution in [3.8, 4) is 0 Å². The van der Waals surface area contributed by atoms with Crippen LogP contribution < -0.4 is 4.90 Å². The van der Waals surface area contributed by atoms with Crippen LogP contribution in [-0.2, 0) is 0 Å². The molecule has 3 heterocycles. The number of piperidine rings is 1. The van der Waals surface area contributed by atoms with E-state index in [1.165, 1.54) is 38.8 Å². The number of carboxylic acids is 1. The number of carboxylic acid groups (broad SMARTS) is 1. The van der Waals surface area contributed by atoms with Crippen molar-refractivity contribution >= 4 is 11.7 Å². The fraction of sp³-hybridized carbons (Fsp3) is 0.600. The van der Waals surface area contributed by atoms with Crippen molar-refractivity contribution in [2.75, 3.05) is 31.1 Å². The molecule has 1 N–H and O–H groups in total. The molecule has 0 bridgehead atoms. The van der Waals surface area contributed by atoms with Gasteiger partial charge in [0, 0.05) is 31.0 Å². The van der Waals surface area contributed by atoms with Crippen LogP contribution in [0.3, 0.4) is 0 Å². The van der Waals surface area contributed by atoms with Crippen LogP contribution in [0.5, 0.6) is 0 Å². The van der Waals surface area contributed by atoms with E-state index in [1.54, 1.807) is 12.3 Å². The van der Waals surface area contributed by atoms with Crippen LogP contribution in [0.15, 0.2) is 18.3 Å². The molecule has 0 spiro atoms. The minimum absolute atomic E-state index is 0.129. The Balaban J connectivity index is 1.67. The van der Waals surface area contributed by atoms with Gasteiger partial charge < -0.3 is 10.0 Å². The summed E-state index contributed by atoms with van der Waals surface area (Å²) in [6.45, 7) is 4.44. The van der Waals surface area contributed by atoms with Crippen LogP contribution in [0.25, 0.3) is 0 Å². The zero-order valence-corrected chi connectivity index (χ0v) is 11.7. The number of hydrogen-bond donors (Lipinski definition) is 1. The van der Waals surface area contributed by atoms with Gasteiger partial charge in [-0.1, -0.05) is 6.42 Å². The number of nitrogens with zero attached hydrogens (tertiary/aromatic N) is 3. The Bertz CT molecular complexity index is 486. The van der Waals surface area contributed by atoms with Crippen LogP contribution in [0.4, 0.5) is 5.69 Å². The molecule has 5 nitrogen and oxygen atoms in total. The van der Waals surface area contributed by atoms with E-state index >= 15 is 0 Å². The van der Waals surface area contributed by atoms with Gasteiger partial charge in [0.2, 0.25) is 0 Å². The number of rotatable bonds is 3. The Kier molecular flexibility index (Phi) is 3.87. The lowest BCUT2D eigenvalue weighted by atomic mass is 10.1. The summed E-state index contributed by atoms with van der Waals surface area (Å²) in [7, 11) is 0. The van der Waals surface area contributed by atoms with Crippen LogP contribution in [0.2, 0.25) is 0 Å². The molecule has 1 aromatic heterocycles. The number of aromatic nitrogens is 1. The molecule has 5 heteroatoms. The summed E-state index contributed by atoms with van der Waals surface area (Å²) in [5.41, 5.74) is 1.11. The van der Waals surface area contributed by atoms with E-state index in [2.05, 4.69) is 14.8 Å². The highest BCUT2D eigenvalue weighted by molar-refractivity contribution is 5.86. The zero-order valence-electron chi connectivity index (χ0n) is 11.7. The van der Waals surface area contributed by atoms with Gasteiger partial charge in [-0.2, -0.15) is 0 Å². The van der Waals surface area contributed by atoms with Gasteiger partial charge in [-0.05, 0) is 44.5 Å². The molecule has 1 unspecified atom stereocenters. The fourth-order valence-corrected chi connectivity index (χ4v) is 3.29. The maximum absolute atomic E-state index is 11.0. The third-order valence-corrected chi connectivity index (χ3v) is 4.40.